The number of hydrogen-bond donors (Lipinski definition) is 2. The summed E-state index contributed by atoms with van der Waals surface area (Å²) in [5.74, 6) is -0.144. The van der Waals surface area contributed by atoms with E-state index < -0.39 is 10.0 Å². The molecule has 2 heterocycles. The monoisotopic (exact) mass is 442 g/mol. The first-order valence-electron chi connectivity index (χ1n) is 9.66. The van der Waals surface area contributed by atoms with E-state index in [1.54, 1.807) is 13.1 Å². The minimum absolute atomic E-state index is 0.0451. The van der Waals surface area contributed by atoms with Crippen LogP contribution in [-0.4, -0.2) is 30.3 Å². The average molecular weight is 443 g/mol. The second-order valence-corrected chi connectivity index (χ2v) is 10.2. The summed E-state index contributed by atoms with van der Waals surface area (Å²) in [6, 6.07) is 13.5. The van der Waals surface area contributed by atoms with Gasteiger partial charge in [0.15, 0.2) is 4.21 Å². The van der Waals surface area contributed by atoms with Gasteiger partial charge in [-0.15, -0.1) is 11.3 Å². The zero-order valence-electron chi connectivity index (χ0n) is 16.5. The predicted molar refractivity (Wildman–Crippen MR) is 115 cm³/mol. The molecule has 30 heavy (non-hydrogen) atoms. The molecule has 1 fully saturated rings. The van der Waals surface area contributed by atoms with Crippen LogP contribution >= 0.6 is 11.3 Å². The third-order valence-corrected chi connectivity index (χ3v) is 7.95. The van der Waals surface area contributed by atoms with Crippen LogP contribution in [0.25, 0.3) is 11.3 Å². The molecule has 4 rings (SSSR count). The second kappa shape index (κ2) is 8.63. The highest BCUT2D eigenvalue weighted by Gasteiger charge is 2.30. The maximum atomic E-state index is 12.4. The normalized spacial score (nSPS) is 13.9. The lowest BCUT2D eigenvalue weighted by Crippen LogP contribution is -2.25. The first-order chi connectivity index (χ1) is 14.4. The molecule has 1 aliphatic rings. The number of pyridine rings is 1. The van der Waals surface area contributed by atoms with Crippen LogP contribution in [0.2, 0.25) is 0 Å². The van der Waals surface area contributed by atoms with Gasteiger partial charge in [-0.3, -0.25) is 9.78 Å². The molecule has 1 amide bonds. The summed E-state index contributed by atoms with van der Waals surface area (Å²) in [6.45, 7) is 1.88. The highest BCUT2D eigenvalue weighted by molar-refractivity contribution is 7.91. The molecule has 0 radical (unpaired) electrons. The number of benzene rings is 1. The molecule has 1 saturated carbocycles. The summed E-state index contributed by atoms with van der Waals surface area (Å²) < 4.78 is 27.7. The first-order valence-corrected chi connectivity index (χ1v) is 12.0. The molecule has 2 aromatic heterocycles. The van der Waals surface area contributed by atoms with Gasteiger partial charge in [0.2, 0.25) is 5.91 Å². The van der Waals surface area contributed by atoms with Crippen molar-refractivity contribution >= 4 is 27.3 Å². The fraction of sp³-hybridized carbons (Fsp3) is 0.286. The van der Waals surface area contributed by atoms with Crippen molar-refractivity contribution in [1.82, 2.24) is 20.0 Å². The van der Waals surface area contributed by atoms with Crippen LogP contribution in [0.5, 0.6) is 0 Å². The zero-order chi connectivity index (χ0) is 21.1. The van der Waals surface area contributed by atoms with E-state index in [-0.39, 0.29) is 29.1 Å². The third kappa shape index (κ3) is 5.10. The SMILES string of the molecule is Cc1nc(CNC(=O)Cc2ccc(-c3ccccn3)cc2)sc1S(=O)(=O)NC1CC1. The van der Waals surface area contributed by atoms with Gasteiger partial charge in [-0.25, -0.2) is 18.1 Å². The maximum Gasteiger partial charge on any atom is 0.252 e. The van der Waals surface area contributed by atoms with Crippen LogP contribution in [0.1, 0.15) is 29.1 Å². The van der Waals surface area contributed by atoms with E-state index in [2.05, 4.69) is 20.0 Å². The minimum atomic E-state index is -3.53. The van der Waals surface area contributed by atoms with E-state index >= 15 is 0 Å². The number of aryl methyl sites for hydroxylation is 1. The van der Waals surface area contributed by atoms with Gasteiger partial charge in [0.05, 0.1) is 24.4 Å². The van der Waals surface area contributed by atoms with E-state index in [1.807, 2.05) is 42.5 Å². The third-order valence-electron chi connectivity index (χ3n) is 4.66. The van der Waals surface area contributed by atoms with Crippen LogP contribution in [0, 0.1) is 6.92 Å². The van der Waals surface area contributed by atoms with Crippen LogP contribution in [0.15, 0.2) is 52.9 Å². The van der Waals surface area contributed by atoms with Gasteiger partial charge in [0, 0.05) is 17.8 Å². The lowest BCUT2D eigenvalue weighted by atomic mass is 10.1. The smallest absolute Gasteiger partial charge is 0.252 e. The predicted octanol–water partition coefficient (Wildman–Crippen LogP) is 2.81. The molecule has 7 nitrogen and oxygen atoms in total. The molecule has 0 spiro atoms. The average Bonchev–Trinajstić information content (AvgIpc) is 3.45. The first kappa shape index (κ1) is 20.6. The topological polar surface area (TPSA) is 101 Å². The van der Waals surface area contributed by atoms with Gasteiger partial charge >= 0.3 is 0 Å². The molecule has 0 unspecified atom stereocenters. The molecule has 3 aromatic rings. The molecule has 1 aromatic carbocycles. The molecule has 0 saturated heterocycles. The summed E-state index contributed by atoms with van der Waals surface area (Å²) in [5.41, 5.74) is 3.23. The quantitative estimate of drug-likeness (QED) is 0.559. The zero-order valence-corrected chi connectivity index (χ0v) is 18.1. The number of carbonyl (C=O) groups excluding carboxylic acids is 1. The molecule has 9 heteroatoms. The van der Waals surface area contributed by atoms with Crippen molar-refractivity contribution in [3.63, 3.8) is 0 Å². The minimum Gasteiger partial charge on any atom is -0.349 e. The number of nitrogens with zero attached hydrogens (tertiary/aromatic N) is 2. The number of sulfonamides is 1. The van der Waals surface area contributed by atoms with E-state index in [1.165, 1.54) is 0 Å². The van der Waals surface area contributed by atoms with Gasteiger partial charge in [0.1, 0.15) is 5.01 Å². The number of amides is 1. The molecular weight excluding hydrogens is 420 g/mol. The Balaban J connectivity index is 1.33. The van der Waals surface area contributed by atoms with Gasteiger partial charge in [0.25, 0.3) is 10.0 Å². The van der Waals surface area contributed by atoms with Crippen molar-refractivity contribution in [1.29, 1.82) is 0 Å². The molecule has 156 valence electrons. The summed E-state index contributed by atoms with van der Waals surface area (Å²) in [7, 11) is -3.53. The summed E-state index contributed by atoms with van der Waals surface area (Å²) in [5, 5.41) is 3.39. The Bertz CT molecular complexity index is 1140. The van der Waals surface area contributed by atoms with Crippen molar-refractivity contribution < 1.29 is 13.2 Å². The van der Waals surface area contributed by atoms with Crippen LogP contribution < -0.4 is 10.0 Å². The molecule has 0 bridgehead atoms. The standard InChI is InChI=1S/C21H22N4O3S2/c1-14-21(30(27,28)25-17-9-10-17)29-20(24-14)13-23-19(26)12-15-5-7-16(8-6-15)18-4-2-3-11-22-18/h2-8,11,17,25H,9-10,12-13H2,1H3,(H,23,26). The lowest BCUT2D eigenvalue weighted by Gasteiger charge is -2.05. The van der Waals surface area contributed by atoms with Gasteiger partial charge < -0.3 is 5.32 Å². The number of thiazole rings is 1. The number of rotatable bonds is 8. The fourth-order valence-corrected chi connectivity index (χ4v) is 5.81. The molecule has 0 atom stereocenters. The Morgan fingerprint density at radius 3 is 2.60 bits per heavy atom. The summed E-state index contributed by atoms with van der Waals surface area (Å²) in [6.07, 6.45) is 3.74. The van der Waals surface area contributed by atoms with Gasteiger partial charge in [-0.05, 0) is 37.5 Å². The van der Waals surface area contributed by atoms with Crippen molar-refractivity contribution in [3.05, 3.63) is 64.9 Å². The lowest BCUT2D eigenvalue weighted by molar-refractivity contribution is -0.120. The molecule has 0 aliphatic heterocycles. The van der Waals surface area contributed by atoms with Gasteiger partial charge in [-0.2, -0.15) is 0 Å². The number of nitrogens with one attached hydrogen (secondary N) is 2. The van der Waals surface area contributed by atoms with Crippen LogP contribution in [0.4, 0.5) is 0 Å². The largest absolute Gasteiger partial charge is 0.349 e. The molecule has 1 aliphatic carbocycles. The number of aromatic nitrogens is 2. The summed E-state index contributed by atoms with van der Waals surface area (Å²) >= 11 is 1.10. The summed E-state index contributed by atoms with van der Waals surface area (Å²) in [4.78, 5) is 20.9. The fourth-order valence-electron chi connectivity index (χ4n) is 2.98. The highest BCUT2D eigenvalue weighted by Crippen LogP contribution is 2.27. The van der Waals surface area contributed by atoms with E-state index in [0.29, 0.717) is 10.7 Å². The second-order valence-electron chi connectivity index (χ2n) is 7.24. The Morgan fingerprint density at radius 2 is 1.93 bits per heavy atom. The highest BCUT2D eigenvalue weighted by atomic mass is 32.2. The van der Waals surface area contributed by atoms with Crippen LogP contribution in [0.3, 0.4) is 0 Å². The molecule has 2 N–H and O–H groups in total. The van der Waals surface area contributed by atoms with Crippen molar-refractivity contribution in [2.75, 3.05) is 0 Å². The van der Waals surface area contributed by atoms with E-state index in [4.69, 9.17) is 0 Å². The Morgan fingerprint density at radius 1 is 1.17 bits per heavy atom. The van der Waals surface area contributed by atoms with Gasteiger partial charge in [-0.1, -0.05) is 30.3 Å². The van der Waals surface area contributed by atoms with Crippen molar-refractivity contribution in [3.8, 4) is 11.3 Å². The van der Waals surface area contributed by atoms with Crippen molar-refractivity contribution in [2.24, 2.45) is 0 Å². The number of carbonyl (C=O) groups is 1. The van der Waals surface area contributed by atoms with E-state index in [9.17, 15) is 13.2 Å². The number of hydrogen-bond acceptors (Lipinski definition) is 6. The Labute approximate surface area is 179 Å². The maximum absolute atomic E-state index is 12.4. The Kier molecular flexibility index (Phi) is 5.94. The van der Waals surface area contributed by atoms with Crippen molar-refractivity contribution in [2.45, 2.75) is 43.0 Å². The van der Waals surface area contributed by atoms with Crippen LogP contribution in [-0.2, 0) is 27.8 Å². The Hall–Kier alpha value is -2.62. The molecular formula is C21H22N4O3S2. The van der Waals surface area contributed by atoms with E-state index in [0.717, 1.165) is 41.0 Å².